The Kier molecular flexibility index (Phi) is 5.54. The van der Waals surface area contributed by atoms with Gasteiger partial charge in [-0.1, -0.05) is 22.4 Å². The van der Waals surface area contributed by atoms with Crippen molar-refractivity contribution in [2.75, 3.05) is 13.1 Å². The van der Waals surface area contributed by atoms with Gasteiger partial charge in [-0.05, 0) is 42.9 Å². The normalized spacial score (nSPS) is 29.0. The molecule has 2 fully saturated rings. The second kappa shape index (κ2) is 6.73. The number of hydrogen-bond acceptors (Lipinski definition) is 3. The van der Waals surface area contributed by atoms with E-state index in [2.05, 4.69) is 15.9 Å². The first-order valence-electron chi connectivity index (χ1n) is 7.10. The quantitative estimate of drug-likeness (QED) is 0.811. The fourth-order valence-electron chi connectivity index (χ4n) is 3.50. The second-order valence-electron chi connectivity index (χ2n) is 5.92. The highest BCUT2D eigenvalue weighted by Crippen LogP contribution is 2.38. The van der Waals surface area contributed by atoms with Crippen molar-refractivity contribution in [2.24, 2.45) is 17.6 Å². The highest BCUT2D eigenvalue weighted by atomic mass is 79.9. The monoisotopic (exact) mass is 412 g/mol. The molecule has 22 heavy (non-hydrogen) atoms. The highest BCUT2D eigenvalue weighted by Gasteiger charge is 2.43. The lowest BCUT2D eigenvalue weighted by atomic mass is 9.78. The Hall–Kier alpha value is -0.210. The third kappa shape index (κ3) is 3.19. The van der Waals surface area contributed by atoms with Crippen molar-refractivity contribution in [3.05, 3.63) is 28.5 Å². The zero-order chi connectivity index (χ0) is 15.2. The SMILES string of the molecule is Cl.NC1CCCC2CN(S(=O)(=O)c3ccc(Br)cc3F)CC12. The van der Waals surface area contributed by atoms with E-state index in [1.54, 1.807) is 6.07 Å². The van der Waals surface area contributed by atoms with Gasteiger partial charge in [0.1, 0.15) is 10.7 Å². The van der Waals surface area contributed by atoms with Crippen molar-refractivity contribution >= 4 is 38.4 Å². The van der Waals surface area contributed by atoms with Crippen LogP contribution in [0.5, 0.6) is 0 Å². The predicted octanol–water partition coefficient (Wildman–Crippen LogP) is 2.76. The van der Waals surface area contributed by atoms with Gasteiger partial charge in [0.2, 0.25) is 10.0 Å². The first kappa shape index (κ1) is 18.1. The van der Waals surface area contributed by atoms with Crippen LogP contribution < -0.4 is 5.73 Å². The molecule has 1 heterocycles. The van der Waals surface area contributed by atoms with Crippen LogP contribution in [0.15, 0.2) is 27.6 Å². The summed E-state index contributed by atoms with van der Waals surface area (Å²) in [4.78, 5) is -0.252. The largest absolute Gasteiger partial charge is 0.327 e. The zero-order valence-electron chi connectivity index (χ0n) is 11.9. The molecule has 4 nitrogen and oxygen atoms in total. The summed E-state index contributed by atoms with van der Waals surface area (Å²) in [6.45, 7) is 0.861. The number of hydrogen-bond donors (Lipinski definition) is 1. The van der Waals surface area contributed by atoms with Gasteiger partial charge in [0.05, 0.1) is 0 Å². The maximum atomic E-state index is 14.0. The zero-order valence-corrected chi connectivity index (χ0v) is 15.1. The number of fused-ring (bicyclic) bond motifs is 1. The third-order valence-corrected chi connectivity index (χ3v) is 6.99. The molecular formula is C14H19BrClFN2O2S. The van der Waals surface area contributed by atoms with Crippen LogP contribution in [0, 0.1) is 17.7 Å². The van der Waals surface area contributed by atoms with Crippen molar-refractivity contribution in [3.63, 3.8) is 0 Å². The number of nitrogens with two attached hydrogens (primary N) is 1. The highest BCUT2D eigenvalue weighted by molar-refractivity contribution is 9.10. The van der Waals surface area contributed by atoms with Crippen molar-refractivity contribution in [1.29, 1.82) is 0 Å². The molecular weight excluding hydrogens is 395 g/mol. The Bertz CT molecular complexity index is 658. The lowest BCUT2D eigenvalue weighted by molar-refractivity contribution is 0.260. The molecule has 3 rings (SSSR count). The molecule has 0 bridgehead atoms. The molecule has 3 unspecified atom stereocenters. The lowest BCUT2D eigenvalue weighted by Crippen LogP contribution is -2.38. The Morgan fingerprint density at radius 1 is 1.27 bits per heavy atom. The molecule has 1 aromatic carbocycles. The minimum absolute atomic E-state index is 0. The fourth-order valence-corrected chi connectivity index (χ4v) is 5.41. The van der Waals surface area contributed by atoms with E-state index < -0.39 is 15.8 Å². The predicted molar refractivity (Wildman–Crippen MR) is 88.9 cm³/mol. The summed E-state index contributed by atoms with van der Waals surface area (Å²) in [7, 11) is -3.79. The maximum absolute atomic E-state index is 14.0. The average Bonchev–Trinajstić information content (AvgIpc) is 2.84. The van der Waals surface area contributed by atoms with E-state index in [4.69, 9.17) is 5.73 Å². The van der Waals surface area contributed by atoms with Gasteiger partial charge in [0, 0.05) is 23.6 Å². The Morgan fingerprint density at radius 3 is 2.64 bits per heavy atom. The fraction of sp³-hybridized carbons (Fsp3) is 0.571. The van der Waals surface area contributed by atoms with E-state index in [0.29, 0.717) is 23.5 Å². The number of halogens is 3. The van der Waals surface area contributed by atoms with E-state index >= 15 is 0 Å². The van der Waals surface area contributed by atoms with Gasteiger partial charge in [0.15, 0.2) is 0 Å². The second-order valence-corrected chi connectivity index (χ2v) is 8.74. The van der Waals surface area contributed by atoms with Gasteiger partial charge >= 0.3 is 0 Å². The molecule has 1 saturated carbocycles. The Balaban J connectivity index is 0.00000176. The number of nitrogens with zero attached hydrogens (tertiary/aromatic N) is 1. The molecule has 0 aromatic heterocycles. The van der Waals surface area contributed by atoms with Gasteiger partial charge in [-0.2, -0.15) is 4.31 Å². The summed E-state index contributed by atoms with van der Waals surface area (Å²) >= 11 is 3.14. The molecule has 8 heteroatoms. The van der Waals surface area contributed by atoms with Crippen LogP contribution in [0.2, 0.25) is 0 Å². The van der Waals surface area contributed by atoms with Gasteiger partial charge in [0.25, 0.3) is 0 Å². The van der Waals surface area contributed by atoms with Crippen LogP contribution in [0.1, 0.15) is 19.3 Å². The topological polar surface area (TPSA) is 63.4 Å². The van der Waals surface area contributed by atoms with Crippen molar-refractivity contribution in [2.45, 2.75) is 30.2 Å². The molecule has 124 valence electrons. The molecule has 0 spiro atoms. The summed E-state index contributed by atoms with van der Waals surface area (Å²) in [5, 5.41) is 0. The van der Waals surface area contributed by atoms with E-state index in [0.717, 1.165) is 19.3 Å². The van der Waals surface area contributed by atoms with E-state index in [1.807, 2.05) is 0 Å². The Labute approximate surface area is 144 Å². The molecule has 1 aromatic rings. The molecule has 3 atom stereocenters. The van der Waals surface area contributed by atoms with Crippen LogP contribution in [0.25, 0.3) is 0 Å². The standard InChI is InChI=1S/C14H18BrFN2O2S.ClH/c15-10-4-5-14(12(16)6-10)21(19,20)18-7-9-2-1-3-13(17)11(9)8-18;/h4-6,9,11,13H,1-3,7-8,17H2;1H. The van der Waals surface area contributed by atoms with Crippen LogP contribution in [-0.2, 0) is 10.0 Å². The number of benzene rings is 1. The number of rotatable bonds is 2. The van der Waals surface area contributed by atoms with Gasteiger partial charge in [-0.25, -0.2) is 12.8 Å². The van der Waals surface area contributed by atoms with Crippen LogP contribution in [0.3, 0.4) is 0 Å². The van der Waals surface area contributed by atoms with Crippen molar-refractivity contribution in [3.8, 4) is 0 Å². The van der Waals surface area contributed by atoms with Gasteiger partial charge in [-0.3, -0.25) is 0 Å². The summed E-state index contributed by atoms with van der Waals surface area (Å²) < 4.78 is 41.2. The van der Waals surface area contributed by atoms with E-state index in [1.165, 1.54) is 16.4 Å². The maximum Gasteiger partial charge on any atom is 0.246 e. The van der Waals surface area contributed by atoms with Crippen LogP contribution in [-0.4, -0.2) is 31.9 Å². The molecule has 0 amide bonds. The van der Waals surface area contributed by atoms with Gasteiger partial charge in [-0.15, -0.1) is 12.4 Å². The third-order valence-electron chi connectivity index (χ3n) is 4.63. The summed E-state index contributed by atoms with van der Waals surface area (Å²) in [5.41, 5.74) is 6.11. The summed E-state index contributed by atoms with van der Waals surface area (Å²) in [6.07, 6.45) is 3.00. The molecule has 1 saturated heterocycles. The van der Waals surface area contributed by atoms with E-state index in [9.17, 15) is 12.8 Å². The van der Waals surface area contributed by atoms with Crippen molar-refractivity contribution < 1.29 is 12.8 Å². The molecule has 1 aliphatic carbocycles. The molecule has 2 aliphatic rings. The van der Waals surface area contributed by atoms with E-state index in [-0.39, 0.29) is 29.3 Å². The average molecular weight is 414 g/mol. The smallest absolute Gasteiger partial charge is 0.246 e. The summed E-state index contributed by atoms with van der Waals surface area (Å²) in [6, 6.07) is 4.10. The first-order chi connectivity index (χ1) is 9.89. The minimum atomic E-state index is -3.79. The first-order valence-corrected chi connectivity index (χ1v) is 9.33. The van der Waals surface area contributed by atoms with Crippen LogP contribution in [0.4, 0.5) is 4.39 Å². The molecule has 1 aliphatic heterocycles. The molecule has 2 N–H and O–H groups in total. The Morgan fingerprint density at radius 2 is 2.00 bits per heavy atom. The lowest BCUT2D eigenvalue weighted by Gasteiger charge is -2.29. The number of sulfonamides is 1. The van der Waals surface area contributed by atoms with Crippen LogP contribution >= 0.6 is 28.3 Å². The molecule has 0 radical (unpaired) electrons. The van der Waals surface area contributed by atoms with Gasteiger partial charge < -0.3 is 5.73 Å². The minimum Gasteiger partial charge on any atom is -0.327 e. The summed E-state index contributed by atoms with van der Waals surface area (Å²) in [5.74, 6) is -0.211. The van der Waals surface area contributed by atoms with Crippen molar-refractivity contribution in [1.82, 2.24) is 4.31 Å².